The van der Waals surface area contributed by atoms with Crippen LogP contribution in [-0.4, -0.2) is 27.2 Å². The summed E-state index contributed by atoms with van der Waals surface area (Å²) < 4.78 is 24.4. The van der Waals surface area contributed by atoms with Gasteiger partial charge in [-0.05, 0) is 12.8 Å². The SMILES string of the molecule is COC(=O)CCCC[SH](=O)=O. The molecule has 4 nitrogen and oxygen atoms in total. The number of thiol groups is 1. The Kier molecular flexibility index (Phi) is 5.83. The van der Waals surface area contributed by atoms with Gasteiger partial charge in [-0.15, -0.1) is 0 Å². The number of carbonyl (C=O) groups excluding carboxylic acids is 1. The van der Waals surface area contributed by atoms with E-state index in [0.717, 1.165) is 0 Å². The van der Waals surface area contributed by atoms with Gasteiger partial charge < -0.3 is 4.74 Å². The molecular weight excluding hydrogens is 168 g/mol. The first-order chi connectivity index (χ1) is 5.16. The van der Waals surface area contributed by atoms with Crippen molar-refractivity contribution in [1.82, 2.24) is 0 Å². The summed E-state index contributed by atoms with van der Waals surface area (Å²) in [6.45, 7) is 0. The Balaban J connectivity index is 3.21. The summed E-state index contributed by atoms with van der Waals surface area (Å²) in [7, 11) is -0.972. The van der Waals surface area contributed by atoms with Gasteiger partial charge >= 0.3 is 5.97 Å². The molecule has 0 amide bonds. The van der Waals surface area contributed by atoms with Crippen molar-refractivity contribution in [2.45, 2.75) is 19.3 Å². The predicted octanol–water partition coefficient (Wildman–Crippen LogP) is -0.0589. The van der Waals surface area contributed by atoms with E-state index in [1.807, 2.05) is 0 Å². The average Bonchev–Trinajstić information content (AvgIpc) is 1.97. The quantitative estimate of drug-likeness (QED) is 0.366. The van der Waals surface area contributed by atoms with Gasteiger partial charge in [-0.3, -0.25) is 4.79 Å². The normalized spacial score (nSPS) is 10.0. The van der Waals surface area contributed by atoms with Crippen molar-refractivity contribution >= 4 is 16.7 Å². The molecule has 0 spiro atoms. The molecule has 0 radical (unpaired) electrons. The van der Waals surface area contributed by atoms with Crippen LogP contribution in [0.5, 0.6) is 0 Å². The number of rotatable bonds is 5. The Bertz CT molecular complexity index is 177. The molecule has 0 aromatic carbocycles. The summed E-state index contributed by atoms with van der Waals surface area (Å²) in [4.78, 5) is 10.5. The lowest BCUT2D eigenvalue weighted by Gasteiger charge is -1.95. The van der Waals surface area contributed by atoms with Crippen molar-refractivity contribution in [3.63, 3.8) is 0 Å². The van der Waals surface area contributed by atoms with E-state index in [4.69, 9.17) is 0 Å². The number of esters is 1. The summed E-state index contributed by atoms with van der Waals surface area (Å²) in [6, 6.07) is 0. The molecule has 0 fully saturated rings. The van der Waals surface area contributed by atoms with Crippen molar-refractivity contribution < 1.29 is 17.9 Å². The van der Waals surface area contributed by atoms with Crippen molar-refractivity contribution in [3.8, 4) is 0 Å². The van der Waals surface area contributed by atoms with Crippen LogP contribution >= 0.6 is 0 Å². The Morgan fingerprint density at radius 1 is 1.36 bits per heavy atom. The lowest BCUT2D eigenvalue weighted by atomic mass is 10.2. The lowest BCUT2D eigenvalue weighted by Crippen LogP contribution is -2.00. The Morgan fingerprint density at radius 2 is 2.00 bits per heavy atom. The third-order valence-corrected chi connectivity index (χ3v) is 1.88. The standard InChI is InChI=1S/C6H12O4S/c1-10-6(7)4-2-3-5-11(8)9/h11H,2-5H2,1H3. The van der Waals surface area contributed by atoms with Crippen molar-refractivity contribution in [1.29, 1.82) is 0 Å². The minimum atomic E-state index is -2.29. The Morgan fingerprint density at radius 3 is 2.45 bits per heavy atom. The monoisotopic (exact) mass is 180 g/mol. The van der Waals surface area contributed by atoms with Gasteiger partial charge in [0.15, 0.2) is 0 Å². The smallest absolute Gasteiger partial charge is 0.305 e. The molecule has 0 bridgehead atoms. The van der Waals surface area contributed by atoms with Gasteiger partial charge in [0.1, 0.15) is 10.7 Å². The summed E-state index contributed by atoms with van der Waals surface area (Å²) in [5.74, 6) is -0.127. The zero-order valence-electron chi connectivity index (χ0n) is 6.41. The van der Waals surface area contributed by atoms with Crippen LogP contribution in [0, 0.1) is 0 Å². The largest absolute Gasteiger partial charge is 0.469 e. The molecule has 0 aromatic heterocycles. The second-order valence-corrected chi connectivity index (χ2v) is 3.20. The molecule has 5 heteroatoms. The molecule has 66 valence electrons. The maximum absolute atomic E-state index is 10.5. The fourth-order valence-corrected chi connectivity index (χ4v) is 1.09. The Labute approximate surface area is 67.5 Å². The zero-order chi connectivity index (χ0) is 8.69. The van der Waals surface area contributed by atoms with Crippen LogP contribution in [0.15, 0.2) is 0 Å². The van der Waals surface area contributed by atoms with Gasteiger partial charge in [0.05, 0.1) is 7.11 Å². The van der Waals surface area contributed by atoms with Gasteiger partial charge in [0.25, 0.3) is 0 Å². The number of ether oxygens (including phenoxy) is 1. The highest BCUT2D eigenvalue weighted by atomic mass is 32.2. The topological polar surface area (TPSA) is 60.4 Å². The number of unbranched alkanes of at least 4 members (excludes halogenated alkanes) is 1. The van der Waals surface area contributed by atoms with Crippen LogP contribution in [0.25, 0.3) is 0 Å². The first kappa shape index (κ1) is 10.4. The van der Waals surface area contributed by atoms with Crippen LogP contribution < -0.4 is 0 Å². The van der Waals surface area contributed by atoms with Gasteiger partial charge in [-0.1, -0.05) is 0 Å². The highest BCUT2D eigenvalue weighted by molar-refractivity contribution is 7.72. The first-order valence-electron chi connectivity index (χ1n) is 3.35. The fourth-order valence-electron chi connectivity index (χ4n) is 0.612. The number of hydrogen-bond acceptors (Lipinski definition) is 4. The molecule has 0 aromatic rings. The molecule has 0 rings (SSSR count). The molecular formula is C6H12O4S. The first-order valence-corrected chi connectivity index (χ1v) is 4.71. The second kappa shape index (κ2) is 6.15. The summed E-state index contributed by atoms with van der Waals surface area (Å²) in [5, 5.41) is 0. The van der Waals surface area contributed by atoms with Crippen LogP contribution in [0.2, 0.25) is 0 Å². The molecule has 0 heterocycles. The maximum atomic E-state index is 10.5. The highest BCUT2D eigenvalue weighted by Crippen LogP contribution is 1.96. The number of carbonyl (C=O) groups is 1. The van der Waals surface area contributed by atoms with Gasteiger partial charge in [0, 0.05) is 12.2 Å². The molecule has 0 aliphatic heterocycles. The predicted molar refractivity (Wildman–Crippen MR) is 41.0 cm³/mol. The van der Waals surface area contributed by atoms with E-state index in [-0.39, 0.29) is 11.7 Å². The number of methoxy groups -OCH3 is 1. The number of hydrogen-bond donors (Lipinski definition) is 1. The van der Waals surface area contributed by atoms with Crippen LogP contribution in [0.4, 0.5) is 0 Å². The third-order valence-electron chi connectivity index (χ3n) is 1.20. The van der Waals surface area contributed by atoms with E-state index in [1.165, 1.54) is 7.11 Å². The minimum Gasteiger partial charge on any atom is -0.469 e. The van der Waals surface area contributed by atoms with E-state index in [1.54, 1.807) is 0 Å². The van der Waals surface area contributed by atoms with Crippen LogP contribution in [0.3, 0.4) is 0 Å². The van der Waals surface area contributed by atoms with Crippen molar-refractivity contribution in [3.05, 3.63) is 0 Å². The van der Waals surface area contributed by atoms with Gasteiger partial charge in [-0.25, -0.2) is 8.42 Å². The second-order valence-electron chi connectivity index (χ2n) is 2.09. The van der Waals surface area contributed by atoms with E-state index in [9.17, 15) is 13.2 Å². The van der Waals surface area contributed by atoms with Crippen molar-refractivity contribution in [2.75, 3.05) is 12.9 Å². The fraction of sp³-hybridized carbons (Fsp3) is 0.833. The molecule has 11 heavy (non-hydrogen) atoms. The molecule has 0 aliphatic rings. The average molecular weight is 180 g/mol. The van der Waals surface area contributed by atoms with Crippen LogP contribution in [-0.2, 0) is 20.2 Å². The van der Waals surface area contributed by atoms with Gasteiger partial charge in [0.2, 0.25) is 0 Å². The molecule has 0 saturated heterocycles. The van der Waals surface area contributed by atoms with E-state index in [0.29, 0.717) is 19.3 Å². The van der Waals surface area contributed by atoms with Crippen LogP contribution in [0.1, 0.15) is 19.3 Å². The zero-order valence-corrected chi connectivity index (χ0v) is 7.30. The molecule has 0 aliphatic carbocycles. The summed E-state index contributed by atoms with van der Waals surface area (Å²) >= 11 is 0. The third kappa shape index (κ3) is 7.32. The molecule has 0 unspecified atom stereocenters. The van der Waals surface area contributed by atoms with E-state index >= 15 is 0 Å². The lowest BCUT2D eigenvalue weighted by molar-refractivity contribution is -0.140. The summed E-state index contributed by atoms with van der Waals surface area (Å²) in [6.07, 6.45) is 1.42. The van der Waals surface area contributed by atoms with Gasteiger partial charge in [-0.2, -0.15) is 0 Å². The van der Waals surface area contributed by atoms with E-state index < -0.39 is 10.7 Å². The highest BCUT2D eigenvalue weighted by Gasteiger charge is 1.98. The van der Waals surface area contributed by atoms with E-state index in [2.05, 4.69) is 4.74 Å². The summed E-state index contributed by atoms with van der Waals surface area (Å²) in [5.41, 5.74) is 0. The maximum Gasteiger partial charge on any atom is 0.305 e. The minimum absolute atomic E-state index is 0.159. The molecule has 0 N–H and O–H groups in total. The molecule has 0 atom stereocenters. The molecule has 0 saturated carbocycles. The van der Waals surface area contributed by atoms with Crippen molar-refractivity contribution in [2.24, 2.45) is 0 Å². The Hall–Kier alpha value is -0.580.